The molecule has 0 amide bonds. The SMILES string of the molecule is CCc1c(C2CCN(CCCSc3ccc(F)cc3)CC2)c2ccc(F)cc2n1-c1ccc(CN2CCCCC2)cn1. The molecular weight excluding hydrogens is 546 g/mol. The van der Waals surface area contributed by atoms with E-state index in [9.17, 15) is 8.78 Å². The maximum Gasteiger partial charge on any atom is 0.137 e. The molecule has 42 heavy (non-hydrogen) atoms. The number of benzene rings is 2. The van der Waals surface area contributed by atoms with Gasteiger partial charge >= 0.3 is 0 Å². The second-order valence-corrected chi connectivity index (χ2v) is 13.0. The van der Waals surface area contributed by atoms with Crippen LogP contribution in [0.15, 0.2) is 65.7 Å². The smallest absolute Gasteiger partial charge is 0.137 e. The average molecular weight is 589 g/mol. The summed E-state index contributed by atoms with van der Waals surface area (Å²) in [5.74, 6) is 1.99. The van der Waals surface area contributed by atoms with Crippen molar-refractivity contribution < 1.29 is 8.78 Å². The Hall–Kier alpha value is -2.74. The van der Waals surface area contributed by atoms with Crippen molar-refractivity contribution in [3.8, 4) is 5.82 Å². The van der Waals surface area contributed by atoms with Gasteiger partial charge in [0, 0.05) is 28.7 Å². The van der Waals surface area contributed by atoms with Crippen molar-refractivity contribution in [1.29, 1.82) is 0 Å². The molecule has 0 radical (unpaired) electrons. The molecule has 2 aliphatic heterocycles. The molecule has 0 saturated carbocycles. The topological polar surface area (TPSA) is 24.3 Å². The number of likely N-dealkylation sites (tertiary alicyclic amines) is 2. The van der Waals surface area contributed by atoms with Crippen LogP contribution in [0.5, 0.6) is 0 Å². The van der Waals surface area contributed by atoms with E-state index in [-0.39, 0.29) is 11.6 Å². The molecule has 2 aliphatic rings. The average Bonchev–Trinajstić information content (AvgIpc) is 3.34. The van der Waals surface area contributed by atoms with Crippen LogP contribution in [-0.2, 0) is 13.0 Å². The summed E-state index contributed by atoms with van der Waals surface area (Å²) in [5.41, 5.74) is 4.82. The Labute approximate surface area is 253 Å². The van der Waals surface area contributed by atoms with Gasteiger partial charge in [0.2, 0.25) is 0 Å². The van der Waals surface area contributed by atoms with Gasteiger partial charge < -0.3 is 4.90 Å². The fourth-order valence-electron chi connectivity index (χ4n) is 6.88. The number of piperidine rings is 2. The molecule has 0 unspecified atom stereocenters. The predicted octanol–water partition coefficient (Wildman–Crippen LogP) is 8.21. The summed E-state index contributed by atoms with van der Waals surface area (Å²) in [6, 6.07) is 16.4. The summed E-state index contributed by atoms with van der Waals surface area (Å²) in [5, 5.41) is 1.17. The molecule has 7 heteroatoms. The summed E-state index contributed by atoms with van der Waals surface area (Å²) in [7, 11) is 0. The number of halogens is 2. The lowest BCUT2D eigenvalue weighted by atomic mass is 9.87. The van der Waals surface area contributed by atoms with Crippen LogP contribution in [0.4, 0.5) is 8.78 Å². The number of hydrogen-bond donors (Lipinski definition) is 0. The summed E-state index contributed by atoms with van der Waals surface area (Å²) in [4.78, 5) is 11.2. The van der Waals surface area contributed by atoms with E-state index in [1.165, 1.54) is 66.7 Å². The summed E-state index contributed by atoms with van der Waals surface area (Å²) in [6.07, 6.45) is 10.1. The molecule has 2 fully saturated rings. The molecule has 0 N–H and O–H groups in total. The van der Waals surface area contributed by atoms with Gasteiger partial charge in [-0.25, -0.2) is 13.8 Å². The number of nitrogens with zero attached hydrogens (tertiary/aromatic N) is 4. The third-order valence-electron chi connectivity index (χ3n) is 9.00. The van der Waals surface area contributed by atoms with Gasteiger partial charge in [0.1, 0.15) is 17.5 Å². The maximum absolute atomic E-state index is 14.6. The van der Waals surface area contributed by atoms with Crippen LogP contribution in [0.3, 0.4) is 0 Å². The van der Waals surface area contributed by atoms with Crippen molar-refractivity contribution in [2.75, 3.05) is 38.5 Å². The Balaban J connectivity index is 1.15. The third kappa shape index (κ3) is 6.74. The van der Waals surface area contributed by atoms with Crippen LogP contribution < -0.4 is 0 Å². The van der Waals surface area contributed by atoms with E-state index < -0.39 is 0 Å². The van der Waals surface area contributed by atoms with E-state index in [1.54, 1.807) is 23.9 Å². The second-order valence-electron chi connectivity index (χ2n) is 11.8. The Bertz CT molecular complexity index is 1450. The highest BCUT2D eigenvalue weighted by atomic mass is 32.2. The Kier molecular flexibility index (Phi) is 9.57. The standard InChI is InChI=1S/C35H42F2N4S/c1-2-32-35(27-15-20-39(21-16-27)19-6-22-42-30-11-8-28(36)9-12-30)31-13-10-29(37)23-33(31)41(32)34-14-7-26(24-38-34)25-40-17-4-3-5-18-40/h7-14,23-24,27H,2-6,15-22,25H2,1H3. The molecule has 2 aromatic heterocycles. The van der Waals surface area contributed by atoms with Crippen LogP contribution in [-0.4, -0.2) is 57.8 Å². The molecule has 2 aromatic carbocycles. The van der Waals surface area contributed by atoms with E-state index in [4.69, 9.17) is 4.98 Å². The van der Waals surface area contributed by atoms with Crippen molar-refractivity contribution in [2.45, 2.75) is 69.2 Å². The molecule has 4 aromatic rings. The maximum atomic E-state index is 14.6. The van der Waals surface area contributed by atoms with Crippen LogP contribution >= 0.6 is 11.8 Å². The van der Waals surface area contributed by atoms with Crippen LogP contribution in [0, 0.1) is 11.6 Å². The first-order chi connectivity index (χ1) is 20.6. The predicted molar refractivity (Wildman–Crippen MR) is 170 cm³/mol. The molecule has 4 nitrogen and oxygen atoms in total. The molecule has 0 aliphatic carbocycles. The zero-order valence-corrected chi connectivity index (χ0v) is 25.5. The van der Waals surface area contributed by atoms with Gasteiger partial charge in [-0.1, -0.05) is 19.4 Å². The third-order valence-corrected chi connectivity index (χ3v) is 10.1. The highest BCUT2D eigenvalue weighted by Gasteiger charge is 2.28. The molecule has 0 bridgehead atoms. The van der Waals surface area contributed by atoms with Gasteiger partial charge in [0.15, 0.2) is 0 Å². The number of fused-ring (bicyclic) bond motifs is 1. The number of pyridine rings is 1. The van der Waals surface area contributed by atoms with Gasteiger partial charge in [0.05, 0.1) is 5.52 Å². The molecule has 0 atom stereocenters. The van der Waals surface area contributed by atoms with Crippen LogP contribution in [0.1, 0.15) is 68.2 Å². The molecule has 6 rings (SSSR count). The summed E-state index contributed by atoms with van der Waals surface area (Å²) in [6.45, 7) is 8.73. The molecule has 0 spiro atoms. The highest BCUT2D eigenvalue weighted by molar-refractivity contribution is 7.99. The summed E-state index contributed by atoms with van der Waals surface area (Å²) < 4.78 is 30.0. The highest BCUT2D eigenvalue weighted by Crippen LogP contribution is 2.39. The molecular formula is C35H42F2N4S. The van der Waals surface area contributed by atoms with E-state index in [0.29, 0.717) is 5.92 Å². The number of hydrogen-bond acceptors (Lipinski definition) is 4. The van der Waals surface area contributed by atoms with E-state index >= 15 is 0 Å². The minimum absolute atomic E-state index is 0.181. The fraction of sp³-hybridized carbons (Fsp3) is 0.457. The monoisotopic (exact) mass is 588 g/mol. The Morgan fingerprint density at radius 1 is 0.857 bits per heavy atom. The lowest BCUT2D eigenvalue weighted by Crippen LogP contribution is -2.34. The van der Waals surface area contributed by atoms with Gasteiger partial charge in [-0.05, 0) is 143 Å². The Morgan fingerprint density at radius 3 is 2.33 bits per heavy atom. The zero-order chi connectivity index (χ0) is 28.9. The van der Waals surface area contributed by atoms with Crippen molar-refractivity contribution in [2.24, 2.45) is 0 Å². The molecule has 222 valence electrons. The second kappa shape index (κ2) is 13.7. The minimum atomic E-state index is -0.203. The first-order valence-electron chi connectivity index (χ1n) is 15.7. The fourth-order valence-corrected chi connectivity index (χ4v) is 7.71. The van der Waals surface area contributed by atoms with E-state index in [2.05, 4.69) is 33.4 Å². The Morgan fingerprint density at radius 2 is 1.62 bits per heavy atom. The summed E-state index contributed by atoms with van der Waals surface area (Å²) >= 11 is 1.80. The van der Waals surface area contributed by atoms with Gasteiger partial charge in [0.25, 0.3) is 0 Å². The number of thioether (sulfide) groups is 1. The molecule has 2 saturated heterocycles. The molecule has 4 heterocycles. The van der Waals surface area contributed by atoms with Gasteiger partial charge in [-0.2, -0.15) is 0 Å². The largest absolute Gasteiger partial charge is 0.303 e. The normalized spacial score (nSPS) is 17.3. The van der Waals surface area contributed by atoms with Crippen LogP contribution in [0.25, 0.3) is 16.7 Å². The van der Waals surface area contributed by atoms with Gasteiger partial charge in [-0.3, -0.25) is 9.47 Å². The number of aromatic nitrogens is 2. The number of rotatable bonds is 10. The van der Waals surface area contributed by atoms with Crippen molar-refractivity contribution in [1.82, 2.24) is 19.4 Å². The van der Waals surface area contributed by atoms with Gasteiger partial charge in [-0.15, -0.1) is 11.8 Å². The van der Waals surface area contributed by atoms with E-state index in [0.717, 1.165) is 73.8 Å². The first-order valence-corrected chi connectivity index (χ1v) is 16.7. The minimum Gasteiger partial charge on any atom is -0.303 e. The van der Waals surface area contributed by atoms with Crippen molar-refractivity contribution in [3.63, 3.8) is 0 Å². The van der Waals surface area contributed by atoms with E-state index in [1.807, 2.05) is 24.4 Å². The van der Waals surface area contributed by atoms with Crippen molar-refractivity contribution >= 4 is 22.7 Å². The van der Waals surface area contributed by atoms with Crippen molar-refractivity contribution in [3.05, 3.63) is 89.2 Å². The lowest BCUT2D eigenvalue weighted by molar-refractivity contribution is 0.213. The lowest BCUT2D eigenvalue weighted by Gasteiger charge is -2.32. The van der Waals surface area contributed by atoms with Crippen LogP contribution in [0.2, 0.25) is 0 Å². The quantitative estimate of drug-likeness (QED) is 0.138. The zero-order valence-electron chi connectivity index (χ0n) is 24.7. The first kappa shape index (κ1) is 29.3.